The van der Waals surface area contributed by atoms with E-state index in [1.165, 1.54) is 28.6 Å². The van der Waals surface area contributed by atoms with Crippen LogP contribution >= 0.6 is 15.9 Å². The van der Waals surface area contributed by atoms with Gasteiger partial charge >= 0.3 is 5.97 Å². The minimum absolute atomic E-state index is 0.165. The fourth-order valence-corrected chi connectivity index (χ4v) is 4.73. The molecule has 3 rings (SSSR count). The van der Waals surface area contributed by atoms with E-state index in [1.54, 1.807) is 24.3 Å². The van der Waals surface area contributed by atoms with E-state index in [2.05, 4.69) is 15.9 Å². The molecule has 0 radical (unpaired) electrons. The fourth-order valence-electron chi connectivity index (χ4n) is 2.95. The molecule has 1 saturated heterocycles. The lowest BCUT2D eigenvalue weighted by atomic mass is 10.1. The van der Waals surface area contributed by atoms with Gasteiger partial charge in [-0.15, -0.1) is 0 Å². The highest BCUT2D eigenvalue weighted by Gasteiger charge is 2.26. The number of sulfonamides is 1. The zero-order valence-electron chi connectivity index (χ0n) is 15.1. The van der Waals surface area contributed by atoms with Crippen LogP contribution in [0.2, 0.25) is 0 Å². The van der Waals surface area contributed by atoms with Crippen molar-refractivity contribution in [3.8, 4) is 0 Å². The maximum atomic E-state index is 12.6. The number of hydrogen-bond acceptors (Lipinski definition) is 5. The Labute approximate surface area is 172 Å². The van der Waals surface area contributed by atoms with Crippen LogP contribution in [0.5, 0.6) is 0 Å². The minimum Gasteiger partial charge on any atom is -0.454 e. The molecule has 1 aliphatic rings. The van der Waals surface area contributed by atoms with Gasteiger partial charge in [0.1, 0.15) is 0 Å². The molecular weight excluding hydrogens is 446 g/mol. The molecule has 1 heterocycles. The summed E-state index contributed by atoms with van der Waals surface area (Å²) < 4.78 is 32.6. The maximum absolute atomic E-state index is 12.6. The van der Waals surface area contributed by atoms with E-state index in [1.807, 2.05) is 0 Å². The zero-order chi connectivity index (χ0) is 20.1. The molecule has 0 atom stereocenters. The second-order valence-corrected chi connectivity index (χ2v) is 9.35. The van der Waals surface area contributed by atoms with Crippen LogP contribution in [0.1, 0.15) is 40.0 Å². The highest BCUT2D eigenvalue weighted by molar-refractivity contribution is 9.10. The summed E-state index contributed by atoms with van der Waals surface area (Å²) in [7, 11) is -3.54. The van der Waals surface area contributed by atoms with Crippen LogP contribution in [0.25, 0.3) is 0 Å². The van der Waals surface area contributed by atoms with Crippen LogP contribution in [0, 0.1) is 0 Å². The molecule has 0 amide bonds. The summed E-state index contributed by atoms with van der Waals surface area (Å²) in [5, 5.41) is 0. The van der Waals surface area contributed by atoms with Crippen molar-refractivity contribution in [2.75, 3.05) is 19.7 Å². The lowest BCUT2D eigenvalue weighted by molar-refractivity contribution is 0.0474. The fraction of sp³-hybridized carbons (Fsp3) is 0.300. The number of carbonyl (C=O) groups excluding carboxylic acids is 2. The first-order valence-corrected chi connectivity index (χ1v) is 11.2. The van der Waals surface area contributed by atoms with Crippen molar-refractivity contribution >= 4 is 37.7 Å². The van der Waals surface area contributed by atoms with Gasteiger partial charge in [-0.3, -0.25) is 4.79 Å². The number of nitrogens with zero attached hydrogens (tertiary/aromatic N) is 1. The number of ether oxygens (including phenoxy) is 1. The Morgan fingerprint density at radius 2 is 1.46 bits per heavy atom. The van der Waals surface area contributed by atoms with Crippen LogP contribution < -0.4 is 0 Å². The van der Waals surface area contributed by atoms with Crippen molar-refractivity contribution in [3.05, 3.63) is 64.1 Å². The molecule has 1 fully saturated rings. The van der Waals surface area contributed by atoms with Gasteiger partial charge in [0.15, 0.2) is 12.4 Å². The number of carbonyl (C=O) groups is 2. The molecule has 0 aromatic heterocycles. The quantitative estimate of drug-likeness (QED) is 0.480. The Bertz CT molecular complexity index is 949. The molecule has 0 N–H and O–H groups in total. The van der Waals surface area contributed by atoms with Gasteiger partial charge < -0.3 is 4.74 Å². The number of hydrogen-bond donors (Lipinski definition) is 0. The van der Waals surface area contributed by atoms with Gasteiger partial charge in [-0.25, -0.2) is 13.2 Å². The number of esters is 1. The van der Waals surface area contributed by atoms with Crippen molar-refractivity contribution < 1.29 is 22.7 Å². The highest BCUT2D eigenvalue weighted by Crippen LogP contribution is 2.21. The summed E-state index contributed by atoms with van der Waals surface area (Å²) >= 11 is 3.28. The average Bonchev–Trinajstić information content (AvgIpc) is 2.73. The number of Topliss-reactive ketones (excluding diaryl/α,β-unsaturated/α-hetero) is 1. The first-order valence-electron chi connectivity index (χ1n) is 8.94. The summed E-state index contributed by atoms with van der Waals surface area (Å²) in [6.45, 7) is 0.636. The topological polar surface area (TPSA) is 80.8 Å². The lowest BCUT2D eigenvalue weighted by Gasteiger charge is -2.25. The third kappa shape index (κ3) is 4.87. The van der Waals surface area contributed by atoms with Gasteiger partial charge in [0, 0.05) is 23.1 Å². The van der Waals surface area contributed by atoms with E-state index in [0.717, 1.165) is 23.7 Å². The molecule has 1 aliphatic heterocycles. The van der Waals surface area contributed by atoms with Gasteiger partial charge in [0.25, 0.3) is 0 Å². The largest absolute Gasteiger partial charge is 0.454 e. The van der Waals surface area contributed by atoms with Crippen molar-refractivity contribution in [2.24, 2.45) is 0 Å². The average molecular weight is 466 g/mol. The molecular formula is C20H20BrNO5S. The SMILES string of the molecule is O=C(COC(=O)c1ccc(Br)cc1)c1ccc(S(=O)(=O)N2CCCCC2)cc1. The standard InChI is InChI=1S/C20H20BrNO5S/c21-17-8-4-16(5-9-17)20(24)27-14-19(23)15-6-10-18(11-7-15)28(25,26)22-12-2-1-3-13-22/h4-11H,1-3,12-14H2. The molecule has 0 aliphatic carbocycles. The predicted octanol–water partition coefficient (Wildman–Crippen LogP) is 3.66. The molecule has 6 nitrogen and oxygen atoms in total. The van der Waals surface area contributed by atoms with Gasteiger partial charge in [0.05, 0.1) is 10.5 Å². The van der Waals surface area contributed by atoms with E-state index in [0.29, 0.717) is 24.2 Å². The molecule has 0 unspecified atom stereocenters. The van der Waals surface area contributed by atoms with E-state index >= 15 is 0 Å². The Hall–Kier alpha value is -2.03. The van der Waals surface area contributed by atoms with Gasteiger partial charge in [-0.1, -0.05) is 22.4 Å². The van der Waals surface area contributed by atoms with Crippen molar-refractivity contribution in [1.29, 1.82) is 0 Å². The summed E-state index contributed by atoms with van der Waals surface area (Å²) in [4.78, 5) is 24.4. The lowest BCUT2D eigenvalue weighted by Crippen LogP contribution is -2.35. The summed E-state index contributed by atoms with van der Waals surface area (Å²) in [5.74, 6) is -0.988. The normalized spacial score (nSPS) is 15.2. The number of piperidine rings is 1. The van der Waals surface area contributed by atoms with Crippen molar-refractivity contribution in [1.82, 2.24) is 4.31 Å². The molecule has 0 bridgehead atoms. The minimum atomic E-state index is -3.54. The molecule has 2 aromatic rings. The number of benzene rings is 2. The van der Waals surface area contributed by atoms with Crippen LogP contribution in [-0.2, 0) is 14.8 Å². The van der Waals surface area contributed by atoms with Gasteiger partial charge in [-0.2, -0.15) is 4.31 Å². The first kappa shape index (κ1) is 20.7. The number of ketones is 1. The zero-order valence-corrected chi connectivity index (χ0v) is 17.5. The maximum Gasteiger partial charge on any atom is 0.338 e. The molecule has 28 heavy (non-hydrogen) atoms. The second-order valence-electron chi connectivity index (χ2n) is 6.50. The molecule has 0 saturated carbocycles. The van der Waals surface area contributed by atoms with E-state index in [4.69, 9.17) is 4.74 Å². The van der Waals surface area contributed by atoms with Crippen LogP contribution in [-0.4, -0.2) is 44.2 Å². The van der Waals surface area contributed by atoms with Crippen LogP contribution in [0.4, 0.5) is 0 Å². The van der Waals surface area contributed by atoms with Crippen LogP contribution in [0.15, 0.2) is 57.9 Å². The van der Waals surface area contributed by atoms with Crippen LogP contribution in [0.3, 0.4) is 0 Å². The number of rotatable bonds is 6. The third-order valence-electron chi connectivity index (χ3n) is 4.54. The third-order valence-corrected chi connectivity index (χ3v) is 6.98. The Morgan fingerprint density at radius 3 is 2.07 bits per heavy atom. The van der Waals surface area contributed by atoms with E-state index < -0.39 is 28.4 Å². The summed E-state index contributed by atoms with van der Waals surface area (Å²) in [6.07, 6.45) is 2.76. The van der Waals surface area contributed by atoms with E-state index in [-0.39, 0.29) is 4.90 Å². The van der Waals surface area contributed by atoms with Gasteiger partial charge in [-0.05, 0) is 61.4 Å². The molecule has 2 aromatic carbocycles. The predicted molar refractivity (Wildman–Crippen MR) is 108 cm³/mol. The Balaban J connectivity index is 1.62. The summed E-state index contributed by atoms with van der Waals surface area (Å²) in [6, 6.07) is 12.4. The highest BCUT2D eigenvalue weighted by atomic mass is 79.9. The van der Waals surface area contributed by atoms with Crippen molar-refractivity contribution in [2.45, 2.75) is 24.2 Å². The van der Waals surface area contributed by atoms with E-state index in [9.17, 15) is 18.0 Å². The molecule has 8 heteroatoms. The number of halogens is 1. The first-order chi connectivity index (χ1) is 13.4. The monoisotopic (exact) mass is 465 g/mol. The van der Waals surface area contributed by atoms with Crippen molar-refractivity contribution in [3.63, 3.8) is 0 Å². The molecule has 0 spiro atoms. The Kier molecular flexibility index (Phi) is 6.64. The van der Waals surface area contributed by atoms with Gasteiger partial charge in [0.2, 0.25) is 10.0 Å². The summed E-state index contributed by atoms with van der Waals surface area (Å²) in [5.41, 5.74) is 0.639. The smallest absolute Gasteiger partial charge is 0.338 e. The second kappa shape index (κ2) is 8.98. The molecule has 148 valence electrons. The Morgan fingerprint density at radius 1 is 0.893 bits per heavy atom.